The molecule has 0 spiro atoms. The van der Waals surface area contributed by atoms with Crippen LogP contribution in [0.25, 0.3) is 0 Å². The van der Waals surface area contributed by atoms with Crippen LogP contribution in [0.1, 0.15) is 6.92 Å². The van der Waals surface area contributed by atoms with Crippen molar-refractivity contribution in [3.63, 3.8) is 0 Å². The molecule has 2 atom stereocenters. The van der Waals surface area contributed by atoms with Crippen LogP contribution >= 0.6 is 23.6 Å². The van der Waals surface area contributed by atoms with Gasteiger partial charge in [0.15, 0.2) is 0 Å². The van der Waals surface area contributed by atoms with Crippen LogP contribution in [0.2, 0.25) is 0 Å². The molecule has 0 aromatic rings. The molecule has 1 N–H and O–H groups in total. The van der Waals surface area contributed by atoms with Crippen molar-refractivity contribution in [2.45, 2.75) is 18.4 Å². The molecule has 0 aliphatic carbocycles. The van der Waals surface area contributed by atoms with E-state index in [1.165, 1.54) is 0 Å². The van der Waals surface area contributed by atoms with Crippen molar-refractivity contribution in [1.29, 1.82) is 0 Å². The molecule has 4 nitrogen and oxygen atoms in total. The lowest BCUT2D eigenvalue weighted by Crippen LogP contribution is -2.34. The van der Waals surface area contributed by atoms with Crippen molar-refractivity contribution < 1.29 is 13.8 Å². The molecule has 0 saturated carbocycles. The van der Waals surface area contributed by atoms with Crippen molar-refractivity contribution in [2.24, 2.45) is 0 Å². The van der Waals surface area contributed by atoms with Gasteiger partial charge in [-0.1, -0.05) is 0 Å². The van der Waals surface area contributed by atoms with E-state index in [4.69, 9.17) is 16.6 Å². The number of thioether (sulfide) groups is 1. The van der Waals surface area contributed by atoms with Gasteiger partial charge in [0.2, 0.25) is 0 Å². The van der Waals surface area contributed by atoms with Gasteiger partial charge in [0, 0.05) is 12.3 Å². The predicted molar refractivity (Wildman–Crippen MR) is 47.1 cm³/mol. The quantitative estimate of drug-likeness (QED) is 0.699. The highest BCUT2D eigenvalue weighted by atomic mass is 35.5. The first-order valence-electron chi connectivity index (χ1n) is 3.58. The minimum absolute atomic E-state index is 0.153. The molecule has 1 aliphatic heterocycles. The predicted octanol–water partition coefficient (Wildman–Crippen LogP) is 1.34. The number of carbonyl (C=O) groups is 1. The normalized spacial score (nSPS) is 25.0. The van der Waals surface area contributed by atoms with Crippen LogP contribution in [0.15, 0.2) is 0 Å². The first-order chi connectivity index (χ1) is 5.74. The summed E-state index contributed by atoms with van der Waals surface area (Å²) in [7, 11) is 0. The number of halogens is 1. The van der Waals surface area contributed by atoms with Crippen LogP contribution in [0.5, 0.6) is 0 Å². The van der Waals surface area contributed by atoms with Gasteiger partial charge in [0.25, 0.3) is 0 Å². The lowest BCUT2D eigenvalue weighted by atomic mass is 10.4. The molecular formula is C6H10ClNO3S. The third kappa shape index (κ3) is 2.73. The van der Waals surface area contributed by atoms with Crippen LogP contribution in [0.4, 0.5) is 4.79 Å². The maximum absolute atomic E-state index is 10.6. The van der Waals surface area contributed by atoms with Crippen LogP contribution in [-0.2, 0) is 9.03 Å². The van der Waals surface area contributed by atoms with Crippen molar-refractivity contribution in [3.05, 3.63) is 0 Å². The molecule has 1 fully saturated rings. The van der Waals surface area contributed by atoms with E-state index in [9.17, 15) is 4.79 Å². The summed E-state index contributed by atoms with van der Waals surface area (Å²) in [4.78, 5) is 10.6. The SMILES string of the molecule is CC(OC(=O)OCl)C1NCCS1. The summed E-state index contributed by atoms with van der Waals surface area (Å²) >= 11 is 6.52. The van der Waals surface area contributed by atoms with Gasteiger partial charge < -0.3 is 14.3 Å². The van der Waals surface area contributed by atoms with E-state index in [0.29, 0.717) is 0 Å². The highest BCUT2D eigenvalue weighted by molar-refractivity contribution is 8.00. The molecule has 0 amide bonds. The van der Waals surface area contributed by atoms with Gasteiger partial charge in [-0.25, -0.2) is 4.79 Å². The molecule has 1 aliphatic rings. The van der Waals surface area contributed by atoms with Gasteiger partial charge in [0.1, 0.15) is 18.0 Å². The maximum Gasteiger partial charge on any atom is 0.527 e. The average molecular weight is 212 g/mol. The lowest BCUT2D eigenvalue weighted by molar-refractivity contribution is 0.0651. The van der Waals surface area contributed by atoms with Crippen molar-refractivity contribution >= 4 is 29.8 Å². The molecule has 1 saturated heterocycles. The van der Waals surface area contributed by atoms with E-state index in [-0.39, 0.29) is 11.5 Å². The molecule has 0 bridgehead atoms. The van der Waals surface area contributed by atoms with Gasteiger partial charge >= 0.3 is 6.16 Å². The van der Waals surface area contributed by atoms with E-state index in [1.54, 1.807) is 18.7 Å². The third-order valence-electron chi connectivity index (χ3n) is 1.52. The highest BCUT2D eigenvalue weighted by Gasteiger charge is 2.24. The molecule has 0 aromatic heterocycles. The summed E-state index contributed by atoms with van der Waals surface area (Å²) in [6.07, 6.45) is -1.07. The van der Waals surface area contributed by atoms with Crippen LogP contribution < -0.4 is 5.32 Å². The van der Waals surface area contributed by atoms with Crippen molar-refractivity contribution in [2.75, 3.05) is 12.3 Å². The van der Waals surface area contributed by atoms with Crippen LogP contribution in [0, 0.1) is 0 Å². The molecule has 1 heterocycles. The number of carbonyl (C=O) groups excluding carboxylic acids is 1. The zero-order valence-electron chi connectivity index (χ0n) is 6.58. The standard InChI is InChI=1S/C6H10ClNO3S/c1-4(10-6(9)11-7)5-8-2-3-12-5/h4-5,8H,2-3H2,1H3. The van der Waals surface area contributed by atoms with Crippen LogP contribution in [0.3, 0.4) is 0 Å². The Hall–Kier alpha value is -0.130. The molecule has 70 valence electrons. The number of nitrogens with one attached hydrogen (secondary N) is 1. The number of hydrogen-bond donors (Lipinski definition) is 1. The Morgan fingerprint density at radius 2 is 2.58 bits per heavy atom. The Morgan fingerprint density at radius 1 is 1.83 bits per heavy atom. The summed E-state index contributed by atoms with van der Waals surface area (Å²) in [6, 6.07) is 0. The second kappa shape index (κ2) is 4.79. The number of ether oxygens (including phenoxy) is 1. The van der Waals surface area contributed by atoms with Gasteiger partial charge in [-0.05, 0) is 6.92 Å². The van der Waals surface area contributed by atoms with E-state index in [0.717, 1.165) is 12.3 Å². The van der Waals surface area contributed by atoms with Gasteiger partial charge in [-0.3, -0.25) is 0 Å². The molecular weight excluding hydrogens is 202 g/mol. The summed E-state index contributed by atoms with van der Waals surface area (Å²) in [5.41, 5.74) is 0. The largest absolute Gasteiger partial charge is 0.527 e. The number of hydrogen-bond acceptors (Lipinski definition) is 5. The smallest absolute Gasteiger partial charge is 0.428 e. The Balaban J connectivity index is 2.26. The van der Waals surface area contributed by atoms with Gasteiger partial charge in [-0.15, -0.1) is 11.8 Å². The van der Waals surface area contributed by atoms with Crippen molar-refractivity contribution in [3.8, 4) is 0 Å². The molecule has 0 radical (unpaired) electrons. The monoisotopic (exact) mass is 211 g/mol. The minimum atomic E-state index is -0.849. The highest BCUT2D eigenvalue weighted by Crippen LogP contribution is 2.19. The Labute approximate surface area is 80.1 Å². The fourth-order valence-electron chi connectivity index (χ4n) is 0.979. The summed E-state index contributed by atoms with van der Waals surface area (Å²) in [5.74, 6) is 1.04. The van der Waals surface area contributed by atoms with Gasteiger partial charge in [-0.2, -0.15) is 0 Å². The molecule has 0 aromatic carbocycles. The van der Waals surface area contributed by atoms with Crippen LogP contribution in [-0.4, -0.2) is 29.9 Å². The topological polar surface area (TPSA) is 47.6 Å². The third-order valence-corrected chi connectivity index (χ3v) is 2.99. The molecule has 12 heavy (non-hydrogen) atoms. The molecule has 2 unspecified atom stereocenters. The maximum atomic E-state index is 10.6. The van der Waals surface area contributed by atoms with E-state index < -0.39 is 6.16 Å². The summed E-state index contributed by atoms with van der Waals surface area (Å²) < 4.78 is 8.66. The Kier molecular flexibility index (Phi) is 3.97. The van der Waals surface area contributed by atoms with Gasteiger partial charge in [0.05, 0.1) is 5.37 Å². The van der Waals surface area contributed by atoms with E-state index in [1.807, 2.05) is 0 Å². The Morgan fingerprint density at radius 3 is 3.08 bits per heavy atom. The minimum Gasteiger partial charge on any atom is -0.428 e. The van der Waals surface area contributed by atoms with Crippen molar-refractivity contribution in [1.82, 2.24) is 5.32 Å². The first kappa shape index (κ1) is 9.95. The fourth-order valence-corrected chi connectivity index (χ4v) is 2.07. The van der Waals surface area contributed by atoms with E-state index >= 15 is 0 Å². The lowest BCUT2D eigenvalue weighted by Gasteiger charge is -2.17. The fraction of sp³-hybridized carbons (Fsp3) is 0.833. The van der Waals surface area contributed by atoms with E-state index in [2.05, 4.69) is 9.61 Å². The average Bonchev–Trinajstić information content (AvgIpc) is 2.56. The zero-order chi connectivity index (χ0) is 8.97. The Bertz CT molecular complexity index is 163. The first-order valence-corrected chi connectivity index (χ1v) is 4.94. The molecule has 1 rings (SSSR count). The second-order valence-electron chi connectivity index (χ2n) is 2.40. The second-order valence-corrected chi connectivity index (χ2v) is 3.80. The molecule has 6 heteroatoms. The summed E-state index contributed by atoms with van der Waals surface area (Å²) in [5, 5.41) is 3.33. The zero-order valence-corrected chi connectivity index (χ0v) is 8.15. The summed E-state index contributed by atoms with van der Waals surface area (Å²) in [6.45, 7) is 2.74. The number of rotatable bonds is 2.